The summed E-state index contributed by atoms with van der Waals surface area (Å²) in [7, 11) is 0. The number of ether oxygens (including phenoxy) is 2. The first kappa shape index (κ1) is 21.5. The third kappa shape index (κ3) is 4.46. The zero-order valence-corrected chi connectivity index (χ0v) is 19.4. The van der Waals surface area contributed by atoms with Crippen LogP contribution in [0.25, 0.3) is 22.4 Å². The number of aromatic amines is 1. The fraction of sp³-hybridized carbons (Fsp3) is 0.364. The number of nitrogens with two attached hydrogens (primary N) is 1. The van der Waals surface area contributed by atoms with E-state index in [-0.39, 0.29) is 6.79 Å². The molecule has 1 aliphatic rings. The van der Waals surface area contributed by atoms with Gasteiger partial charge in [0, 0.05) is 29.2 Å². The van der Waals surface area contributed by atoms with Crippen LogP contribution in [-0.2, 0) is 6.54 Å². The lowest BCUT2D eigenvalue weighted by molar-refractivity contribution is 0.174. The maximum absolute atomic E-state index is 6.13. The Kier molecular flexibility index (Phi) is 6.05. The number of H-pyrrole nitrogens is 1. The number of rotatable bonds is 9. The third-order valence-electron chi connectivity index (χ3n) is 5.35. The third-order valence-corrected chi connectivity index (χ3v) is 6.41. The maximum Gasteiger partial charge on any atom is 0.231 e. The Bertz CT molecular complexity index is 1260. The molecule has 0 fully saturated rings. The Balaban J connectivity index is 1.49. The molecule has 4 aromatic rings. The van der Waals surface area contributed by atoms with Crippen molar-refractivity contribution in [2.45, 2.75) is 49.3 Å². The van der Waals surface area contributed by atoms with Gasteiger partial charge in [-0.2, -0.15) is 5.10 Å². The molecule has 3 aromatic heterocycles. The van der Waals surface area contributed by atoms with Crippen molar-refractivity contribution < 1.29 is 9.47 Å². The van der Waals surface area contributed by atoms with Gasteiger partial charge in [0.05, 0.1) is 5.69 Å². The van der Waals surface area contributed by atoms with Gasteiger partial charge in [-0.1, -0.05) is 25.6 Å². The van der Waals surface area contributed by atoms with Crippen LogP contribution >= 0.6 is 11.8 Å². The summed E-state index contributed by atoms with van der Waals surface area (Å²) in [6.07, 6.45) is 5.25. The first-order valence-corrected chi connectivity index (χ1v) is 11.7. The second kappa shape index (κ2) is 9.28. The van der Waals surface area contributed by atoms with Gasteiger partial charge in [0.25, 0.3) is 0 Å². The number of aryl methyl sites for hydroxylation is 1. The predicted molar refractivity (Wildman–Crippen MR) is 126 cm³/mol. The van der Waals surface area contributed by atoms with Crippen molar-refractivity contribution in [2.75, 3.05) is 19.1 Å². The highest BCUT2D eigenvalue weighted by atomic mass is 32.2. The van der Waals surface area contributed by atoms with Crippen LogP contribution in [0.4, 0.5) is 5.82 Å². The van der Waals surface area contributed by atoms with E-state index in [1.807, 2.05) is 18.2 Å². The molecule has 0 atom stereocenters. The van der Waals surface area contributed by atoms with Crippen LogP contribution in [0, 0.1) is 0 Å². The van der Waals surface area contributed by atoms with Gasteiger partial charge in [0.2, 0.25) is 6.79 Å². The van der Waals surface area contributed by atoms with Gasteiger partial charge in [0.1, 0.15) is 6.33 Å². The predicted octanol–water partition coefficient (Wildman–Crippen LogP) is 3.46. The van der Waals surface area contributed by atoms with Crippen LogP contribution in [0.5, 0.6) is 11.5 Å². The van der Waals surface area contributed by atoms with E-state index in [2.05, 4.69) is 43.9 Å². The zero-order valence-electron chi connectivity index (χ0n) is 18.5. The van der Waals surface area contributed by atoms with E-state index in [4.69, 9.17) is 20.2 Å². The molecule has 0 saturated heterocycles. The van der Waals surface area contributed by atoms with Gasteiger partial charge < -0.3 is 25.1 Å². The maximum atomic E-state index is 6.13. The van der Waals surface area contributed by atoms with Crippen molar-refractivity contribution in [2.24, 2.45) is 0 Å². The normalized spacial score (nSPS) is 12.8. The van der Waals surface area contributed by atoms with Crippen LogP contribution in [0.15, 0.2) is 40.8 Å². The van der Waals surface area contributed by atoms with Gasteiger partial charge in [-0.15, -0.1) is 0 Å². The Hall–Kier alpha value is -3.31. The average Bonchev–Trinajstić information content (AvgIpc) is 3.54. The molecular weight excluding hydrogens is 440 g/mol. The number of imidazole rings is 1. The summed E-state index contributed by atoms with van der Waals surface area (Å²) < 4.78 is 13.3. The van der Waals surface area contributed by atoms with Crippen molar-refractivity contribution >= 4 is 28.7 Å². The van der Waals surface area contributed by atoms with Gasteiger partial charge in [-0.25, -0.2) is 15.0 Å². The van der Waals surface area contributed by atoms with Crippen LogP contribution in [0.1, 0.15) is 26.7 Å². The average molecular weight is 467 g/mol. The highest BCUT2D eigenvalue weighted by Gasteiger charge is 2.22. The van der Waals surface area contributed by atoms with E-state index in [9.17, 15) is 0 Å². The van der Waals surface area contributed by atoms with Gasteiger partial charge in [-0.05, 0) is 37.6 Å². The summed E-state index contributed by atoms with van der Waals surface area (Å²) in [5.41, 5.74) is 9.33. The molecule has 0 unspecified atom stereocenters. The lowest BCUT2D eigenvalue weighted by atomic mass is 10.1. The minimum atomic E-state index is 0.209. The molecular formula is C22H26N8O2S. The highest BCUT2D eigenvalue weighted by molar-refractivity contribution is 7.99. The molecule has 0 saturated carbocycles. The molecule has 0 bridgehead atoms. The van der Waals surface area contributed by atoms with Crippen molar-refractivity contribution in [3.8, 4) is 22.8 Å². The lowest BCUT2D eigenvalue weighted by Crippen LogP contribution is -2.23. The molecule has 5 rings (SSSR count). The van der Waals surface area contributed by atoms with Gasteiger partial charge in [-0.3, -0.25) is 5.10 Å². The number of hydrogen-bond donors (Lipinski definition) is 3. The lowest BCUT2D eigenvalue weighted by Gasteiger charge is -2.12. The van der Waals surface area contributed by atoms with Gasteiger partial charge >= 0.3 is 0 Å². The summed E-state index contributed by atoms with van der Waals surface area (Å²) >= 11 is 1.54. The van der Waals surface area contributed by atoms with Crippen molar-refractivity contribution in [3.05, 3.63) is 30.7 Å². The number of aromatic nitrogens is 6. The molecule has 0 aliphatic carbocycles. The van der Waals surface area contributed by atoms with E-state index in [0.717, 1.165) is 52.9 Å². The summed E-state index contributed by atoms with van der Waals surface area (Å²) in [4.78, 5) is 14.4. The fourth-order valence-electron chi connectivity index (χ4n) is 3.72. The van der Waals surface area contributed by atoms with E-state index >= 15 is 0 Å². The largest absolute Gasteiger partial charge is 0.454 e. The molecule has 10 nitrogen and oxygen atoms in total. The molecule has 172 valence electrons. The van der Waals surface area contributed by atoms with Gasteiger partial charge in [0.15, 0.2) is 33.6 Å². The molecule has 0 radical (unpaired) electrons. The Morgan fingerprint density at radius 2 is 2.06 bits per heavy atom. The zero-order chi connectivity index (χ0) is 22.8. The van der Waals surface area contributed by atoms with Crippen LogP contribution in [0.3, 0.4) is 0 Å². The van der Waals surface area contributed by atoms with Crippen LogP contribution < -0.4 is 20.5 Å². The number of anilines is 1. The van der Waals surface area contributed by atoms with Crippen molar-refractivity contribution in [3.63, 3.8) is 0 Å². The Labute approximate surface area is 195 Å². The quantitative estimate of drug-likeness (QED) is 0.318. The summed E-state index contributed by atoms with van der Waals surface area (Å²) in [5.74, 6) is 1.80. The van der Waals surface area contributed by atoms with Crippen LogP contribution in [-0.4, -0.2) is 49.1 Å². The Morgan fingerprint density at radius 3 is 2.85 bits per heavy atom. The molecule has 1 aliphatic heterocycles. The van der Waals surface area contributed by atoms with Crippen molar-refractivity contribution in [1.82, 2.24) is 35.0 Å². The smallest absolute Gasteiger partial charge is 0.231 e. The van der Waals surface area contributed by atoms with E-state index in [1.54, 1.807) is 6.20 Å². The Morgan fingerprint density at radius 1 is 1.21 bits per heavy atom. The number of benzene rings is 1. The molecule has 4 heterocycles. The number of nitrogen functional groups attached to an aromatic ring is 1. The summed E-state index contributed by atoms with van der Waals surface area (Å²) in [6, 6.07) is 6.35. The van der Waals surface area contributed by atoms with E-state index in [0.29, 0.717) is 28.9 Å². The first-order chi connectivity index (χ1) is 16.1. The monoisotopic (exact) mass is 466 g/mol. The van der Waals surface area contributed by atoms with E-state index < -0.39 is 0 Å². The van der Waals surface area contributed by atoms with Crippen molar-refractivity contribution in [1.29, 1.82) is 0 Å². The fourth-order valence-corrected chi connectivity index (χ4v) is 4.79. The molecule has 1 aromatic carbocycles. The first-order valence-electron chi connectivity index (χ1n) is 10.9. The molecule has 0 amide bonds. The molecule has 33 heavy (non-hydrogen) atoms. The number of nitrogens with zero attached hydrogens (tertiary/aromatic N) is 5. The number of hydrogen-bond acceptors (Lipinski definition) is 9. The van der Waals surface area contributed by atoms with E-state index in [1.165, 1.54) is 18.1 Å². The topological polar surface area (TPSA) is 129 Å². The summed E-state index contributed by atoms with van der Waals surface area (Å²) in [6.45, 7) is 6.26. The second-order valence-electron chi connectivity index (χ2n) is 8.07. The standard InChI is InChI=1S/C22H26N8O2S/c1-13(2)24-6-3-4-8-30-21-19(20(23)25-11-26-21)28-22(30)33-18-10-17-16(31-12-32-17)9-14(18)15-5-7-27-29-15/h5,7,9-11,13,24H,3-4,6,8,12H2,1-2H3,(H,27,29)(H2,23,25,26). The van der Waals surface area contributed by atoms with Crippen LogP contribution in [0.2, 0.25) is 0 Å². The second-order valence-corrected chi connectivity index (χ2v) is 9.08. The minimum absolute atomic E-state index is 0.209. The summed E-state index contributed by atoms with van der Waals surface area (Å²) in [5, 5.41) is 11.4. The minimum Gasteiger partial charge on any atom is -0.454 e. The molecule has 4 N–H and O–H groups in total. The number of nitrogens with one attached hydrogen (secondary N) is 2. The number of fused-ring (bicyclic) bond motifs is 2. The SMILES string of the molecule is CC(C)NCCCCn1c(Sc2cc3c(cc2-c2ccn[nH]2)OCO3)nc2c(N)ncnc21. The number of unbranched alkanes of at least 4 members (excludes halogenated alkanes) is 1. The molecule has 11 heteroatoms. The highest BCUT2D eigenvalue weighted by Crippen LogP contribution is 2.44. The molecule has 0 spiro atoms.